The fraction of sp³-hybridized carbons (Fsp3) is 0.241. The summed E-state index contributed by atoms with van der Waals surface area (Å²) in [5.74, 6) is 1.27. The average molecular weight is 527 g/mol. The van der Waals surface area contributed by atoms with Crippen LogP contribution in [0.15, 0.2) is 67.0 Å². The molecule has 38 heavy (non-hydrogen) atoms. The van der Waals surface area contributed by atoms with E-state index in [2.05, 4.69) is 63.0 Å². The van der Waals surface area contributed by atoms with Gasteiger partial charge in [-0.2, -0.15) is 0 Å². The number of nitrogens with zero attached hydrogens (tertiary/aromatic N) is 4. The Labute approximate surface area is 227 Å². The molecule has 0 spiro atoms. The van der Waals surface area contributed by atoms with Crippen molar-refractivity contribution >= 4 is 34.6 Å². The quantitative estimate of drug-likeness (QED) is 0.328. The number of amides is 1. The van der Waals surface area contributed by atoms with Crippen LogP contribution in [0.3, 0.4) is 0 Å². The van der Waals surface area contributed by atoms with Gasteiger partial charge in [0.1, 0.15) is 11.6 Å². The molecule has 1 fully saturated rings. The van der Waals surface area contributed by atoms with E-state index < -0.39 is 0 Å². The van der Waals surface area contributed by atoms with Gasteiger partial charge in [-0.15, -0.1) is 0 Å². The van der Waals surface area contributed by atoms with E-state index >= 15 is 0 Å². The first-order chi connectivity index (χ1) is 18.3. The molecule has 4 aromatic rings. The van der Waals surface area contributed by atoms with Crippen molar-refractivity contribution in [1.82, 2.24) is 19.9 Å². The lowest BCUT2D eigenvalue weighted by Gasteiger charge is -2.29. The number of pyridine rings is 2. The fourth-order valence-electron chi connectivity index (χ4n) is 5.16. The van der Waals surface area contributed by atoms with E-state index in [4.69, 9.17) is 17.0 Å². The van der Waals surface area contributed by atoms with Crippen molar-refractivity contribution < 1.29 is 9.53 Å². The summed E-state index contributed by atoms with van der Waals surface area (Å²) in [6, 6.07) is 17.4. The van der Waals surface area contributed by atoms with Crippen molar-refractivity contribution in [3.8, 4) is 11.6 Å². The van der Waals surface area contributed by atoms with Gasteiger partial charge < -0.3 is 24.8 Å². The topological polar surface area (TPSA) is 84.3 Å². The van der Waals surface area contributed by atoms with Crippen molar-refractivity contribution in [2.45, 2.75) is 39.8 Å². The van der Waals surface area contributed by atoms with Crippen LogP contribution in [-0.2, 0) is 4.79 Å². The number of rotatable bonds is 6. The van der Waals surface area contributed by atoms with Crippen LogP contribution in [0.5, 0.6) is 5.75 Å². The number of hydrogen-bond acceptors (Lipinski definition) is 5. The van der Waals surface area contributed by atoms with E-state index in [0.717, 1.165) is 39.7 Å². The summed E-state index contributed by atoms with van der Waals surface area (Å²) in [4.78, 5) is 23.3. The van der Waals surface area contributed by atoms with Crippen LogP contribution >= 0.6 is 12.2 Å². The number of nitrogens with one attached hydrogen (secondary N) is 2. The molecule has 0 saturated carbocycles. The maximum Gasteiger partial charge on any atom is 0.221 e. The number of ether oxygens (including phenoxy) is 1. The van der Waals surface area contributed by atoms with Gasteiger partial charge in [0.15, 0.2) is 5.11 Å². The van der Waals surface area contributed by atoms with Crippen molar-refractivity contribution in [3.05, 3.63) is 95.2 Å². The molecule has 0 unspecified atom stereocenters. The zero-order chi connectivity index (χ0) is 27.0. The maximum atomic E-state index is 11.9. The second-order valence-electron chi connectivity index (χ2n) is 9.42. The van der Waals surface area contributed by atoms with Gasteiger partial charge in [0.25, 0.3) is 0 Å². The maximum absolute atomic E-state index is 11.9. The zero-order valence-corrected chi connectivity index (χ0v) is 22.8. The predicted octanol–water partition coefficient (Wildman–Crippen LogP) is 5.34. The molecule has 194 valence electrons. The van der Waals surface area contributed by atoms with E-state index in [0.29, 0.717) is 16.5 Å². The van der Waals surface area contributed by atoms with E-state index in [1.165, 1.54) is 6.92 Å². The molecule has 8 nitrogen and oxygen atoms in total. The van der Waals surface area contributed by atoms with Crippen LogP contribution < -0.4 is 20.3 Å². The molecule has 0 aliphatic carbocycles. The van der Waals surface area contributed by atoms with Gasteiger partial charge >= 0.3 is 0 Å². The van der Waals surface area contributed by atoms with Crippen LogP contribution in [0.25, 0.3) is 5.82 Å². The molecule has 3 aromatic heterocycles. The lowest BCUT2D eigenvalue weighted by atomic mass is 9.96. The molecule has 1 aliphatic rings. The number of carbonyl (C=O) groups excluding carboxylic acids is 1. The molecule has 4 heterocycles. The van der Waals surface area contributed by atoms with Crippen molar-refractivity contribution in [3.63, 3.8) is 0 Å². The standard InChI is InChI=1S/C29H30N6O2S/c1-17-11-13-31-26(14-17)34-18(2)15-22(19(34)3)28-27(23-8-6-7-12-30-23)33-29(38)35(28)21-9-10-25(37-5)24(16-21)32-20(4)36/h6-16,27-28H,1-5H3,(H,32,36)(H,33,38)/t27-,28+/m0/s1. The van der Waals surface area contributed by atoms with Gasteiger partial charge in [0.05, 0.1) is 30.6 Å². The third-order valence-corrected chi connectivity index (χ3v) is 7.10. The molecular weight excluding hydrogens is 496 g/mol. The number of thiocarbonyl (C=S) groups is 1. The summed E-state index contributed by atoms with van der Waals surface area (Å²) in [5, 5.41) is 6.96. The minimum absolute atomic E-state index is 0.181. The van der Waals surface area contributed by atoms with E-state index in [9.17, 15) is 4.79 Å². The minimum atomic E-state index is -0.208. The molecular formula is C29H30N6O2S. The first-order valence-corrected chi connectivity index (χ1v) is 12.8. The van der Waals surface area contributed by atoms with Crippen molar-refractivity contribution in [1.29, 1.82) is 0 Å². The monoisotopic (exact) mass is 526 g/mol. The zero-order valence-electron chi connectivity index (χ0n) is 22.0. The van der Waals surface area contributed by atoms with Gasteiger partial charge in [-0.1, -0.05) is 6.07 Å². The number of aryl methyl sites for hydroxylation is 2. The highest BCUT2D eigenvalue weighted by Crippen LogP contribution is 2.45. The molecule has 1 saturated heterocycles. The van der Waals surface area contributed by atoms with Crippen LogP contribution in [0.1, 0.15) is 47.2 Å². The Kier molecular flexibility index (Phi) is 6.86. The number of hydrogen-bond donors (Lipinski definition) is 2. The molecule has 2 atom stereocenters. The lowest BCUT2D eigenvalue weighted by molar-refractivity contribution is -0.114. The number of carbonyl (C=O) groups is 1. The number of benzene rings is 1. The highest BCUT2D eigenvalue weighted by atomic mass is 32.1. The summed E-state index contributed by atoms with van der Waals surface area (Å²) >= 11 is 5.91. The smallest absolute Gasteiger partial charge is 0.221 e. The van der Waals surface area contributed by atoms with Gasteiger partial charge in [-0.25, -0.2) is 4.98 Å². The largest absolute Gasteiger partial charge is 0.495 e. The Hall–Kier alpha value is -4.24. The van der Waals surface area contributed by atoms with E-state index in [1.54, 1.807) is 13.3 Å². The highest BCUT2D eigenvalue weighted by Gasteiger charge is 2.42. The Morgan fingerprint density at radius 3 is 2.55 bits per heavy atom. The van der Waals surface area contributed by atoms with Crippen LogP contribution in [0.4, 0.5) is 11.4 Å². The first kappa shape index (κ1) is 25.4. The van der Waals surface area contributed by atoms with E-state index in [1.807, 2.05) is 48.7 Å². The molecule has 0 radical (unpaired) electrons. The summed E-state index contributed by atoms with van der Waals surface area (Å²) in [5.41, 5.74) is 6.68. The van der Waals surface area contributed by atoms with Crippen molar-refractivity contribution in [2.24, 2.45) is 0 Å². The number of aromatic nitrogens is 3. The van der Waals surface area contributed by atoms with Gasteiger partial charge in [-0.05, 0) is 92.6 Å². The SMILES string of the molecule is COc1ccc(N2C(=S)N[C@@H](c3ccccn3)[C@H]2c2cc(C)n(-c3cc(C)ccn3)c2C)cc1NC(C)=O. The van der Waals surface area contributed by atoms with E-state index in [-0.39, 0.29) is 18.0 Å². The van der Waals surface area contributed by atoms with Gasteiger partial charge in [0, 0.05) is 36.4 Å². The van der Waals surface area contributed by atoms with Crippen LogP contribution in [-0.4, -0.2) is 32.7 Å². The number of methoxy groups -OCH3 is 1. The Morgan fingerprint density at radius 2 is 1.87 bits per heavy atom. The Morgan fingerprint density at radius 1 is 1.05 bits per heavy atom. The Balaban J connectivity index is 1.68. The molecule has 1 amide bonds. The first-order valence-electron chi connectivity index (χ1n) is 12.4. The molecule has 1 aliphatic heterocycles. The third-order valence-electron chi connectivity index (χ3n) is 6.79. The molecule has 9 heteroatoms. The molecule has 2 N–H and O–H groups in total. The summed E-state index contributed by atoms with van der Waals surface area (Å²) in [6.45, 7) is 7.73. The molecule has 1 aromatic carbocycles. The molecule has 0 bridgehead atoms. The average Bonchev–Trinajstić information content (AvgIpc) is 3.39. The Bertz CT molecular complexity index is 1520. The fourth-order valence-corrected chi connectivity index (χ4v) is 5.51. The normalized spacial score (nSPS) is 16.9. The highest BCUT2D eigenvalue weighted by molar-refractivity contribution is 7.80. The minimum Gasteiger partial charge on any atom is -0.495 e. The summed E-state index contributed by atoms with van der Waals surface area (Å²) in [7, 11) is 1.58. The van der Waals surface area contributed by atoms with Crippen molar-refractivity contribution in [2.75, 3.05) is 17.3 Å². The summed E-state index contributed by atoms with van der Waals surface area (Å²) < 4.78 is 7.66. The van der Waals surface area contributed by atoms with Crippen LogP contribution in [0.2, 0.25) is 0 Å². The second-order valence-corrected chi connectivity index (χ2v) is 9.80. The lowest BCUT2D eigenvalue weighted by Crippen LogP contribution is -2.29. The van der Waals surface area contributed by atoms with Gasteiger partial charge in [-0.3, -0.25) is 9.78 Å². The predicted molar refractivity (Wildman–Crippen MR) is 153 cm³/mol. The van der Waals surface area contributed by atoms with Gasteiger partial charge in [0.2, 0.25) is 5.91 Å². The summed E-state index contributed by atoms with van der Waals surface area (Å²) in [6.07, 6.45) is 3.63. The number of anilines is 2. The van der Waals surface area contributed by atoms with Crippen LogP contribution in [0, 0.1) is 20.8 Å². The second kappa shape index (κ2) is 10.3. The third kappa shape index (κ3) is 4.61. The molecule has 5 rings (SSSR count).